The molecule has 0 amide bonds. The van der Waals surface area contributed by atoms with E-state index in [1.165, 1.54) is 32.8 Å². The maximum Gasteiger partial charge on any atom is 0.309 e. The molecule has 2 aliphatic rings. The van der Waals surface area contributed by atoms with E-state index in [1.54, 1.807) is 0 Å². The summed E-state index contributed by atoms with van der Waals surface area (Å²) in [5.74, 6) is 0.882. The third-order valence-electron chi connectivity index (χ3n) is 3.79. The molecule has 0 N–H and O–H groups in total. The Morgan fingerprint density at radius 1 is 1.50 bits per heavy atom. The van der Waals surface area contributed by atoms with Gasteiger partial charge in [0.05, 0.1) is 13.0 Å². The maximum absolute atomic E-state index is 11.3. The molecule has 2 saturated carbocycles. The van der Waals surface area contributed by atoms with E-state index in [1.807, 2.05) is 0 Å². The SMILES string of the molecule is COC(=O)[C@@H]1[C@@H]2CCCC[C@]12C. The molecule has 0 bridgehead atoms. The second-order valence-electron chi connectivity index (χ2n) is 4.36. The third-order valence-corrected chi connectivity index (χ3v) is 3.79. The quantitative estimate of drug-likeness (QED) is 0.560. The maximum atomic E-state index is 11.3. The summed E-state index contributed by atoms with van der Waals surface area (Å²) in [5.41, 5.74) is 0.311. The second kappa shape index (κ2) is 2.48. The van der Waals surface area contributed by atoms with Gasteiger partial charge in [-0.3, -0.25) is 4.79 Å². The van der Waals surface area contributed by atoms with Crippen molar-refractivity contribution in [3.8, 4) is 0 Å². The van der Waals surface area contributed by atoms with Crippen molar-refractivity contribution in [1.29, 1.82) is 0 Å². The molecule has 2 rings (SSSR count). The highest BCUT2D eigenvalue weighted by Gasteiger charge is 2.65. The van der Waals surface area contributed by atoms with Crippen LogP contribution < -0.4 is 0 Å². The molecule has 3 atom stereocenters. The van der Waals surface area contributed by atoms with E-state index in [0.29, 0.717) is 11.3 Å². The molecule has 0 aromatic carbocycles. The second-order valence-corrected chi connectivity index (χ2v) is 4.36. The Kier molecular flexibility index (Phi) is 1.67. The Bertz CT molecular complexity index is 212. The molecule has 12 heavy (non-hydrogen) atoms. The lowest BCUT2D eigenvalue weighted by molar-refractivity contribution is -0.143. The molecule has 2 fully saturated rings. The van der Waals surface area contributed by atoms with Crippen molar-refractivity contribution in [3.63, 3.8) is 0 Å². The molecule has 2 heteroatoms. The number of rotatable bonds is 1. The van der Waals surface area contributed by atoms with Crippen molar-refractivity contribution in [1.82, 2.24) is 0 Å². The molecule has 2 nitrogen and oxygen atoms in total. The first-order valence-corrected chi connectivity index (χ1v) is 4.78. The Hall–Kier alpha value is -0.530. The molecule has 0 spiro atoms. The van der Waals surface area contributed by atoms with Crippen molar-refractivity contribution in [2.24, 2.45) is 17.3 Å². The van der Waals surface area contributed by atoms with E-state index in [-0.39, 0.29) is 11.9 Å². The van der Waals surface area contributed by atoms with Crippen LogP contribution in [0, 0.1) is 17.3 Å². The summed E-state index contributed by atoms with van der Waals surface area (Å²) in [4.78, 5) is 11.3. The number of hydrogen-bond acceptors (Lipinski definition) is 2. The minimum absolute atomic E-state index is 0.0180. The molecule has 0 radical (unpaired) electrons. The van der Waals surface area contributed by atoms with Crippen LogP contribution in [0.2, 0.25) is 0 Å². The van der Waals surface area contributed by atoms with Crippen LogP contribution in [0.3, 0.4) is 0 Å². The van der Waals surface area contributed by atoms with Crippen LogP contribution >= 0.6 is 0 Å². The van der Waals surface area contributed by atoms with E-state index in [2.05, 4.69) is 6.92 Å². The summed E-state index contributed by atoms with van der Waals surface area (Å²) >= 11 is 0. The van der Waals surface area contributed by atoms with Crippen LogP contribution in [0.4, 0.5) is 0 Å². The van der Waals surface area contributed by atoms with Crippen LogP contribution in [-0.2, 0) is 9.53 Å². The van der Waals surface area contributed by atoms with Crippen LogP contribution in [0.5, 0.6) is 0 Å². The van der Waals surface area contributed by atoms with Crippen molar-refractivity contribution in [3.05, 3.63) is 0 Å². The van der Waals surface area contributed by atoms with Crippen molar-refractivity contribution >= 4 is 5.97 Å². The van der Waals surface area contributed by atoms with E-state index in [0.717, 1.165) is 0 Å². The Balaban J connectivity index is 2.07. The van der Waals surface area contributed by atoms with Gasteiger partial charge in [-0.15, -0.1) is 0 Å². The molecular weight excluding hydrogens is 152 g/mol. The summed E-state index contributed by atoms with van der Waals surface area (Å²) in [7, 11) is 1.50. The van der Waals surface area contributed by atoms with Crippen molar-refractivity contribution in [2.75, 3.05) is 7.11 Å². The highest BCUT2D eigenvalue weighted by Crippen LogP contribution is 2.66. The number of carbonyl (C=O) groups excluding carboxylic acids is 1. The van der Waals surface area contributed by atoms with Gasteiger partial charge in [0.2, 0.25) is 0 Å². The average Bonchev–Trinajstić information content (AvgIpc) is 2.69. The molecule has 0 heterocycles. The molecule has 0 saturated heterocycles. The van der Waals surface area contributed by atoms with Crippen LogP contribution in [-0.4, -0.2) is 13.1 Å². The third kappa shape index (κ3) is 0.900. The smallest absolute Gasteiger partial charge is 0.309 e. The Labute approximate surface area is 73.3 Å². The van der Waals surface area contributed by atoms with E-state index in [9.17, 15) is 4.79 Å². The van der Waals surface area contributed by atoms with Gasteiger partial charge in [0.15, 0.2) is 0 Å². The fraction of sp³-hybridized carbons (Fsp3) is 0.900. The Morgan fingerprint density at radius 3 is 2.75 bits per heavy atom. The standard InChI is InChI=1S/C10H16O2/c1-10-6-4-3-5-7(10)8(10)9(11)12-2/h7-8H,3-6H2,1-2H3/t7-,8-,10-/m0/s1. The number of ether oxygens (including phenoxy) is 1. The molecule has 0 unspecified atom stereocenters. The average molecular weight is 168 g/mol. The van der Waals surface area contributed by atoms with Gasteiger partial charge in [-0.1, -0.05) is 19.8 Å². The van der Waals surface area contributed by atoms with Crippen molar-refractivity contribution < 1.29 is 9.53 Å². The zero-order valence-electron chi connectivity index (χ0n) is 7.80. The zero-order chi connectivity index (χ0) is 8.77. The molecule has 0 aliphatic heterocycles. The summed E-state index contributed by atoms with van der Waals surface area (Å²) < 4.78 is 4.79. The summed E-state index contributed by atoms with van der Waals surface area (Å²) in [6.45, 7) is 2.23. The largest absolute Gasteiger partial charge is 0.469 e. The van der Waals surface area contributed by atoms with Gasteiger partial charge >= 0.3 is 5.97 Å². The van der Waals surface area contributed by atoms with Crippen molar-refractivity contribution in [2.45, 2.75) is 32.6 Å². The Morgan fingerprint density at radius 2 is 2.25 bits per heavy atom. The summed E-state index contributed by atoms with van der Waals surface area (Å²) in [6.07, 6.45) is 5.04. The first-order chi connectivity index (χ1) is 5.70. The minimum atomic E-state index is 0.0180. The topological polar surface area (TPSA) is 26.3 Å². The molecule has 2 aliphatic carbocycles. The fourth-order valence-corrected chi connectivity index (χ4v) is 2.93. The van der Waals surface area contributed by atoms with E-state index < -0.39 is 0 Å². The molecule has 0 aromatic heterocycles. The monoisotopic (exact) mass is 168 g/mol. The van der Waals surface area contributed by atoms with Gasteiger partial charge in [-0.25, -0.2) is 0 Å². The number of carbonyl (C=O) groups is 1. The lowest BCUT2D eigenvalue weighted by Gasteiger charge is -2.15. The van der Waals surface area contributed by atoms with Crippen LogP contribution in [0.25, 0.3) is 0 Å². The lowest BCUT2D eigenvalue weighted by atomic mass is 9.90. The number of fused-ring (bicyclic) bond motifs is 1. The van der Waals surface area contributed by atoms with Crippen LogP contribution in [0.1, 0.15) is 32.6 Å². The van der Waals surface area contributed by atoms with Gasteiger partial charge in [-0.05, 0) is 24.2 Å². The van der Waals surface area contributed by atoms with Gasteiger partial charge in [-0.2, -0.15) is 0 Å². The normalized spacial score (nSPS) is 44.8. The number of esters is 1. The number of methoxy groups -OCH3 is 1. The fourth-order valence-electron chi connectivity index (χ4n) is 2.93. The van der Waals surface area contributed by atoms with Gasteiger partial charge < -0.3 is 4.74 Å². The summed E-state index contributed by atoms with van der Waals surface area (Å²) in [5, 5.41) is 0. The van der Waals surface area contributed by atoms with Gasteiger partial charge in [0.1, 0.15) is 0 Å². The lowest BCUT2D eigenvalue weighted by Crippen LogP contribution is -2.09. The highest BCUT2D eigenvalue weighted by molar-refractivity contribution is 5.77. The van der Waals surface area contributed by atoms with E-state index in [4.69, 9.17) is 4.74 Å². The highest BCUT2D eigenvalue weighted by atomic mass is 16.5. The summed E-state index contributed by atoms with van der Waals surface area (Å²) in [6, 6.07) is 0. The predicted octanol–water partition coefficient (Wildman–Crippen LogP) is 1.99. The molecule has 68 valence electrons. The zero-order valence-corrected chi connectivity index (χ0v) is 7.80. The number of hydrogen-bond donors (Lipinski definition) is 0. The molecular formula is C10H16O2. The van der Waals surface area contributed by atoms with E-state index >= 15 is 0 Å². The minimum Gasteiger partial charge on any atom is -0.469 e. The first-order valence-electron chi connectivity index (χ1n) is 4.78. The first kappa shape index (κ1) is 8.09. The van der Waals surface area contributed by atoms with Gasteiger partial charge in [0, 0.05) is 0 Å². The van der Waals surface area contributed by atoms with Crippen LogP contribution in [0.15, 0.2) is 0 Å². The predicted molar refractivity (Wildman–Crippen MR) is 45.6 cm³/mol. The van der Waals surface area contributed by atoms with Gasteiger partial charge in [0.25, 0.3) is 0 Å². The molecule has 0 aromatic rings.